The minimum Gasteiger partial charge on any atom is -0.288 e. The van der Waals surface area contributed by atoms with E-state index in [-0.39, 0.29) is 12.6 Å². The molecular weight excluding hydrogens is 411 g/mol. The number of aryl methyl sites for hydroxylation is 1. The SMILES string of the molecule is C/C=S1\c2ccccc2N(Cc2c(F)cccc2Cl)C(=O)N1c1cnn(CC)c1. The van der Waals surface area contributed by atoms with Crippen LogP contribution in [-0.2, 0) is 13.1 Å². The van der Waals surface area contributed by atoms with E-state index in [2.05, 4.69) is 5.10 Å². The van der Waals surface area contributed by atoms with Crippen molar-refractivity contribution >= 4 is 45.0 Å². The summed E-state index contributed by atoms with van der Waals surface area (Å²) in [6.45, 7) is 4.67. The normalized spacial score (nSPS) is 16.4. The Hall–Kier alpha value is -2.64. The fraction of sp³-hybridized carbons (Fsp3) is 0.190. The minimum absolute atomic E-state index is 0.0423. The Morgan fingerprint density at radius 3 is 2.69 bits per heavy atom. The van der Waals surface area contributed by atoms with Crippen molar-refractivity contribution in [2.24, 2.45) is 0 Å². The molecule has 1 unspecified atom stereocenters. The number of anilines is 2. The molecule has 0 saturated heterocycles. The Labute approximate surface area is 176 Å². The van der Waals surface area contributed by atoms with Gasteiger partial charge in [-0.1, -0.05) is 40.5 Å². The number of hydrogen-bond donors (Lipinski definition) is 0. The van der Waals surface area contributed by atoms with Gasteiger partial charge in [0, 0.05) is 28.2 Å². The molecule has 0 spiro atoms. The molecule has 3 aromatic rings. The molecule has 1 aromatic heterocycles. The first kappa shape index (κ1) is 19.7. The molecule has 2 aromatic carbocycles. The van der Waals surface area contributed by atoms with Gasteiger partial charge >= 0.3 is 6.03 Å². The van der Waals surface area contributed by atoms with E-state index >= 15 is 0 Å². The van der Waals surface area contributed by atoms with Gasteiger partial charge in [0.25, 0.3) is 0 Å². The molecule has 1 atom stereocenters. The number of nitrogens with zero attached hydrogens (tertiary/aromatic N) is 4. The van der Waals surface area contributed by atoms with E-state index in [0.717, 1.165) is 10.6 Å². The number of rotatable bonds is 4. The van der Waals surface area contributed by atoms with E-state index in [1.54, 1.807) is 32.2 Å². The third kappa shape index (κ3) is 3.45. The third-order valence-electron chi connectivity index (χ3n) is 4.76. The largest absolute Gasteiger partial charge is 0.339 e. The lowest BCUT2D eigenvalue weighted by Gasteiger charge is -2.38. The summed E-state index contributed by atoms with van der Waals surface area (Å²) >= 11 is 6.25. The predicted molar refractivity (Wildman–Crippen MR) is 117 cm³/mol. The van der Waals surface area contributed by atoms with Crippen LogP contribution in [0.5, 0.6) is 0 Å². The number of fused-ring (bicyclic) bond motifs is 1. The van der Waals surface area contributed by atoms with Crippen LogP contribution in [0.4, 0.5) is 20.6 Å². The first-order valence-corrected chi connectivity index (χ1v) is 10.9. The second-order valence-electron chi connectivity index (χ2n) is 6.44. The molecule has 0 aliphatic carbocycles. The standard InChI is InChI=1S/C21H20ClFN4OS/c1-3-25-13-15(12-24-25)27-21(28)26(14-16-17(22)8-7-9-18(16)23)19-10-5-6-11-20(19)29(27)4-2/h4-13H,3,14H2,1-2H3. The topological polar surface area (TPSA) is 41.4 Å². The molecule has 0 N–H and O–H groups in total. The van der Waals surface area contributed by atoms with E-state index in [1.807, 2.05) is 49.7 Å². The van der Waals surface area contributed by atoms with Gasteiger partial charge in [0.2, 0.25) is 0 Å². The molecule has 2 heterocycles. The van der Waals surface area contributed by atoms with Crippen LogP contribution in [0.15, 0.2) is 59.8 Å². The number of carbonyl (C=O) groups excluding carboxylic acids is 1. The van der Waals surface area contributed by atoms with Crippen molar-refractivity contribution in [3.63, 3.8) is 0 Å². The van der Waals surface area contributed by atoms with E-state index in [9.17, 15) is 9.18 Å². The van der Waals surface area contributed by atoms with Gasteiger partial charge in [-0.25, -0.2) is 13.5 Å². The van der Waals surface area contributed by atoms with Crippen LogP contribution in [0.1, 0.15) is 19.4 Å². The van der Waals surface area contributed by atoms with Crippen LogP contribution in [0, 0.1) is 5.82 Å². The summed E-state index contributed by atoms with van der Waals surface area (Å²) in [5, 5.41) is 6.63. The molecule has 1 aliphatic rings. The van der Waals surface area contributed by atoms with E-state index in [4.69, 9.17) is 11.6 Å². The van der Waals surface area contributed by atoms with Gasteiger partial charge in [0.15, 0.2) is 0 Å². The molecule has 0 bridgehead atoms. The molecule has 1 aliphatic heterocycles. The Morgan fingerprint density at radius 2 is 2.00 bits per heavy atom. The summed E-state index contributed by atoms with van der Waals surface area (Å²) in [5.74, 6) is -0.431. The number of benzene rings is 2. The van der Waals surface area contributed by atoms with E-state index < -0.39 is 16.5 Å². The van der Waals surface area contributed by atoms with Crippen LogP contribution < -0.4 is 9.21 Å². The van der Waals surface area contributed by atoms with Crippen molar-refractivity contribution in [3.05, 3.63) is 71.3 Å². The number of carbonyl (C=O) groups is 1. The summed E-state index contributed by atoms with van der Waals surface area (Å²) in [5.41, 5.74) is 1.76. The van der Waals surface area contributed by atoms with E-state index in [0.29, 0.717) is 22.8 Å². The Bertz CT molecular complexity index is 1090. The van der Waals surface area contributed by atoms with Gasteiger partial charge in [0.1, 0.15) is 5.82 Å². The molecule has 4 rings (SSSR count). The van der Waals surface area contributed by atoms with Gasteiger partial charge in [-0.2, -0.15) is 5.10 Å². The lowest BCUT2D eigenvalue weighted by Crippen LogP contribution is -2.44. The number of para-hydroxylation sites is 1. The smallest absolute Gasteiger partial charge is 0.288 e. The monoisotopic (exact) mass is 430 g/mol. The van der Waals surface area contributed by atoms with Crippen LogP contribution in [0.3, 0.4) is 0 Å². The summed E-state index contributed by atoms with van der Waals surface area (Å²) < 4.78 is 18.0. The van der Waals surface area contributed by atoms with Crippen molar-refractivity contribution < 1.29 is 9.18 Å². The zero-order valence-corrected chi connectivity index (χ0v) is 17.6. The number of urea groups is 1. The Kier molecular flexibility index (Phi) is 5.43. The molecule has 2 amide bonds. The van der Waals surface area contributed by atoms with Crippen LogP contribution in [0.25, 0.3) is 0 Å². The van der Waals surface area contributed by atoms with Crippen LogP contribution in [0.2, 0.25) is 5.02 Å². The Balaban J connectivity index is 1.85. The zero-order chi connectivity index (χ0) is 20.5. The average Bonchev–Trinajstić information content (AvgIpc) is 3.20. The fourth-order valence-electron chi connectivity index (χ4n) is 3.33. The molecule has 0 radical (unpaired) electrons. The van der Waals surface area contributed by atoms with Gasteiger partial charge in [0.05, 0.1) is 24.1 Å². The quantitative estimate of drug-likeness (QED) is 0.497. The van der Waals surface area contributed by atoms with E-state index in [1.165, 1.54) is 6.07 Å². The highest BCUT2D eigenvalue weighted by atomic mass is 35.5. The van der Waals surface area contributed by atoms with Gasteiger partial charge in [-0.05, 0) is 43.5 Å². The maximum Gasteiger partial charge on any atom is 0.339 e. The summed E-state index contributed by atoms with van der Waals surface area (Å²) in [4.78, 5) is 16.2. The molecule has 150 valence electrons. The molecule has 29 heavy (non-hydrogen) atoms. The van der Waals surface area contributed by atoms with Gasteiger partial charge < -0.3 is 0 Å². The van der Waals surface area contributed by atoms with Crippen molar-refractivity contribution in [1.29, 1.82) is 0 Å². The highest BCUT2D eigenvalue weighted by molar-refractivity contribution is 8.17. The molecule has 5 nitrogen and oxygen atoms in total. The van der Waals surface area contributed by atoms with Crippen molar-refractivity contribution in [2.75, 3.05) is 9.21 Å². The van der Waals surface area contributed by atoms with Crippen molar-refractivity contribution in [2.45, 2.75) is 31.8 Å². The third-order valence-corrected chi connectivity index (χ3v) is 7.12. The fourth-order valence-corrected chi connectivity index (χ4v) is 5.42. The summed E-state index contributed by atoms with van der Waals surface area (Å²) in [6, 6.07) is 12.0. The van der Waals surface area contributed by atoms with Crippen molar-refractivity contribution in [3.8, 4) is 0 Å². The first-order valence-electron chi connectivity index (χ1n) is 9.23. The second kappa shape index (κ2) is 8.00. The summed E-state index contributed by atoms with van der Waals surface area (Å²) in [6.07, 6.45) is 3.54. The molecule has 0 saturated carbocycles. The number of amides is 2. The molecule has 8 heteroatoms. The number of hydrogen-bond acceptors (Lipinski definition) is 2. The molecular formula is C21H20ClFN4OS. The first-order chi connectivity index (χ1) is 14.0. The van der Waals surface area contributed by atoms with Crippen LogP contribution >= 0.6 is 22.3 Å². The zero-order valence-electron chi connectivity index (χ0n) is 16.0. The maximum absolute atomic E-state index is 14.5. The summed E-state index contributed by atoms with van der Waals surface area (Å²) in [7, 11) is -0.586. The number of aromatic nitrogens is 2. The Morgan fingerprint density at radius 1 is 1.21 bits per heavy atom. The number of halogens is 2. The van der Waals surface area contributed by atoms with Gasteiger partial charge in [-0.3, -0.25) is 9.58 Å². The lowest BCUT2D eigenvalue weighted by atomic mass is 10.2. The van der Waals surface area contributed by atoms with Gasteiger partial charge in [-0.15, -0.1) is 0 Å². The average molecular weight is 431 g/mol. The second-order valence-corrected chi connectivity index (χ2v) is 8.75. The molecule has 0 fully saturated rings. The van der Waals surface area contributed by atoms with Crippen molar-refractivity contribution in [1.82, 2.24) is 9.78 Å². The van der Waals surface area contributed by atoms with Crippen LogP contribution in [-0.4, -0.2) is 21.2 Å². The predicted octanol–water partition coefficient (Wildman–Crippen LogP) is 5.71. The highest BCUT2D eigenvalue weighted by Crippen LogP contribution is 2.46. The minimum atomic E-state index is -0.586. The lowest BCUT2D eigenvalue weighted by molar-refractivity contribution is 0.254. The maximum atomic E-state index is 14.5. The highest BCUT2D eigenvalue weighted by Gasteiger charge is 2.35.